The molecule has 146 valence electrons. The second-order valence-corrected chi connectivity index (χ2v) is 6.40. The van der Waals surface area contributed by atoms with Crippen molar-refractivity contribution < 1.29 is 18.7 Å². The Labute approximate surface area is 162 Å². The van der Waals surface area contributed by atoms with Crippen molar-refractivity contribution in [1.29, 1.82) is 0 Å². The van der Waals surface area contributed by atoms with Crippen LogP contribution in [-0.4, -0.2) is 51.5 Å². The fraction of sp³-hybridized carbons (Fsp3) is 0.200. The van der Waals surface area contributed by atoms with Crippen molar-refractivity contribution in [1.82, 2.24) is 30.7 Å². The summed E-state index contributed by atoms with van der Waals surface area (Å²) in [6.07, 6.45) is 1.11. The number of carbonyl (C=O) groups is 1. The fourth-order valence-corrected chi connectivity index (χ4v) is 2.53. The number of nitrogens with one attached hydrogen (secondary N) is 2. The van der Waals surface area contributed by atoms with Gasteiger partial charge < -0.3 is 10.6 Å². The molecule has 0 aliphatic rings. The van der Waals surface area contributed by atoms with Gasteiger partial charge in [0.05, 0.1) is 25.3 Å². The molecule has 0 spiro atoms. The molecule has 0 unspecified atom stereocenters. The molecule has 2 aromatic heterocycles. The highest BCUT2D eigenvalue weighted by Gasteiger charge is 2.25. The van der Waals surface area contributed by atoms with Gasteiger partial charge in [-0.1, -0.05) is 22.9 Å². The number of nitrogen functional groups attached to an aromatic ring is 1. The third-order valence-corrected chi connectivity index (χ3v) is 3.88. The van der Waals surface area contributed by atoms with E-state index in [4.69, 9.17) is 17.3 Å². The highest BCUT2D eigenvalue weighted by Crippen LogP contribution is 2.17. The van der Waals surface area contributed by atoms with Gasteiger partial charge in [-0.25, -0.2) is 14.4 Å². The molecule has 11 nitrogen and oxygen atoms in total. The maximum atomic E-state index is 13.8. The van der Waals surface area contributed by atoms with E-state index >= 15 is 0 Å². The van der Waals surface area contributed by atoms with E-state index < -0.39 is 11.7 Å². The van der Waals surface area contributed by atoms with Crippen molar-refractivity contribution in [3.05, 3.63) is 46.0 Å². The van der Waals surface area contributed by atoms with Crippen molar-refractivity contribution in [2.45, 2.75) is 6.54 Å². The molecule has 0 bridgehead atoms. The number of rotatable bonds is 6. The first-order valence-corrected chi connectivity index (χ1v) is 8.35. The highest BCUT2D eigenvalue weighted by atomic mass is 35.5. The zero-order valence-electron chi connectivity index (χ0n) is 14.8. The minimum atomic E-state index is -0.652. The van der Waals surface area contributed by atoms with Gasteiger partial charge in [-0.05, 0) is 22.4 Å². The van der Waals surface area contributed by atoms with Gasteiger partial charge in [-0.2, -0.15) is 9.78 Å². The third kappa shape index (κ3) is 3.97. The van der Waals surface area contributed by atoms with Crippen LogP contribution in [-0.2, 0) is 6.54 Å². The molecule has 0 aliphatic carbocycles. The maximum Gasteiger partial charge on any atom is 0.294 e. The molecule has 0 saturated carbocycles. The van der Waals surface area contributed by atoms with Crippen LogP contribution in [0.2, 0.25) is 5.02 Å². The number of nitrogens with zero attached hydrogens (tertiary/aromatic N) is 6. The van der Waals surface area contributed by atoms with E-state index in [0.29, 0.717) is 12.2 Å². The van der Waals surface area contributed by atoms with Gasteiger partial charge in [-0.15, -0.1) is 5.10 Å². The molecular weight excluding hydrogens is 393 g/mol. The van der Waals surface area contributed by atoms with Crippen LogP contribution in [0.25, 0.3) is 5.82 Å². The second-order valence-electron chi connectivity index (χ2n) is 5.99. The first-order chi connectivity index (χ1) is 13.4. The van der Waals surface area contributed by atoms with Gasteiger partial charge in [0, 0.05) is 5.56 Å². The lowest BCUT2D eigenvalue weighted by atomic mass is 10.2. The summed E-state index contributed by atoms with van der Waals surface area (Å²) in [7, 11) is 3.75. The van der Waals surface area contributed by atoms with E-state index in [1.165, 1.54) is 22.9 Å². The van der Waals surface area contributed by atoms with E-state index in [0.717, 1.165) is 11.1 Å². The minimum Gasteiger partial charge on any atom is -0.378 e. The summed E-state index contributed by atoms with van der Waals surface area (Å²) < 4.78 is 19.6. The molecule has 0 saturated heterocycles. The molecule has 4 N–H and O–H groups in total. The predicted molar refractivity (Wildman–Crippen MR) is 96.6 cm³/mol. The van der Waals surface area contributed by atoms with Crippen molar-refractivity contribution >= 4 is 29.5 Å². The Morgan fingerprint density at radius 1 is 1.46 bits per heavy atom. The molecule has 13 heteroatoms. The Hall–Kier alpha value is -3.38. The fourth-order valence-electron chi connectivity index (χ4n) is 2.32. The highest BCUT2D eigenvalue weighted by molar-refractivity contribution is 6.33. The Kier molecular flexibility index (Phi) is 5.61. The molecule has 28 heavy (non-hydrogen) atoms. The van der Waals surface area contributed by atoms with Crippen LogP contribution >= 0.6 is 11.6 Å². The standard InChI is InChI=1S/C15H15ClFN9O2/c1-25(2)7-11-12(20-24-26(11)14-13(18)22-28-23-14)15(27)21-19-6-8-9(16)4-3-5-10(8)17/h3-6H,7H2,1-2H3,(H2,18,22)(H,21,27)/p+1/b19-6-. The Morgan fingerprint density at radius 3 is 2.89 bits per heavy atom. The lowest BCUT2D eigenvalue weighted by molar-refractivity contribution is -0.873. The molecule has 0 fully saturated rings. The Balaban J connectivity index is 1.86. The SMILES string of the molecule is C[NH+](C)Cc1c(C(=O)N/N=C\c2c(F)cccc2Cl)nnn1-c1nonc1N. The zero-order valence-corrected chi connectivity index (χ0v) is 15.6. The molecule has 0 radical (unpaired) electrons. The van der Waals surface area contributed by atoms with Crippen LogP contribution in [0.1, 0.15) is 21.7 Å². The lowest BCUT2D eigenvalue weighted by Crippen LogP contribution is -3.04. The second kappa shape index (κ2) is 8.10. The van der Waals surface area contributed by atoms with Gasteiger partial charge in [0.1, 0.15) is 18.1 Å². The molecule has 0 aliphatic heterocycles. The monoisotopic (exact) mass is 408 g/mol. The van der Waals surface area contributed by atoms with Crippen LogP contribution in [0.4, 0.5) is 10.2 Å². The first-order valence-electron chi connectivity index (χ1n) is 7.98. The summed E-state index contributed by atoms with van der Waals surface area (Å²) in [5, 5.41) is 18.8. The van der Waals surface area contributed by atoms with Crippen molar-refractivity contribution in [3.63, 3.8) is 0 Å². The zero-order chi connectivity index (χ0) is 20.3. The number of hydrogen-bond donors (Lipinski definition) is 3. The van der Waals surface area contributed by atoms with Crippen LogP contribution < -0.4 is 16.1 Å². The summed E-state index contributed by atoms with van der Waals surface area (Å²) >= 11 is 5.91. The Bertz CT molecular complexity index is 1010. The quantitative estimate of drug-likeness (QED) is 0.366. The average molecular weight is 409 g/mol. The van der Waals surface area contributed by atoms with Crippen molar-refractivity contribution in [2.24, 2.45) is 5.10 Å². The first kappa shape index (κ1) is 19.4. The average Bonchev–Trinajstić information content (AvgIpc) is 3.22. The van der Waals surface area contributed by atoms with Crippen LogP contribution in [0.15, 0.2) is 27.9 Å². The molecule has 0 atom stereocenters. The predicted octanol–water partition coefficient (Wildman–Crippen LogP) is -0.567. The van der Waals surface area contributed by atoms with Crippen molar-refractivity contribution in [3.8, 4) is 5.82 Å². The molecule has 1 amide bonds. The van der Waals surface area contributed by atoms with Crippen molar-refractivity contribution in [2.75, 3.05) is 19.8 Å². The van der Waals surface area contributed by atoms with Gasteiger partial charge in [0.15, 0.2) is 5.69 Å². The van der Waals surface area contributed by atoms with Gasteiger partial charge in [0.2, 0.25) is 11.6 Å². The number of anilines is 1. The molecule has 2 heterocycles. The van der Waals surface area contributed by atoms with E-state index in [9.17, 15) is 9.18 Å². The number of halogens is 2. The topological polar surface area (TPSA) is 142 Å². The number of aromatic nitrogens is 5. The lowest BCUT2D eigenvalue weighted by Gasteiger charge is -2.08. The number of carbonyl (C=O) groups excluding carboxylic acids is 1. The summed E-state index contributed by atoms with van der Waals surface area (Å²) in [6.45, 7) is 0.366. The number of quaternary nitrogens is 1. The van der Waals surface area contributed by atoms with Gasteiger partial charge in [-0.3, -0.25) is 4.79 Å². The van der Waals surface area contributed by atoms with Crippen LogP contribution in [0.3, 0.4) is 0 Å². The largest absolute Gasteiger partial charge is 0.378 e. The number of nitrogens with two attached hydrogens (primary N) is 1. The van der Waals surface area contributed by atoms with Gasteiger partial charge >= 0.3 is 0 Å². The van der Waals surface area contributed by atoms with Crippen LogP contribution in [0, 0.1) is 5.82 Å². The van der Waals surface area contributed by atoms with Gasteiger partial charge in [0.25, 0.3) is 5.91 Å². The number of benzene rings is 1. The summed E-state index contributed by atoms with van der Waals surface area (Å²) in [6, 6.07) is 4.20. The molecule has 3 rings (SSSR count). The summed E-state index contributed by atoms with van der Waals surface area (Å²) in [5.41, 5.74) is 8.44. The van der Waals surface area contributed by atoms with E-state index in [2.05, 4.69) is 35.8 Å². The summed E-state index contributed by atoms with van der Waals surface area (Å²) in [4.78, 5) is 13.5. The number of hydrogen-bond acceptors (Lipinski definition) is 8. The van der Waals surface area contributed by atoms with Crippen LogP contribution in [0.5, 0.6) is 0 Å². The third-order valence-electron chi connectivity index (χ3n) is 3.55. The minimum absolute atomic E-state index is 0.000352. The summed E-state index contributed by atoms with van der Waals surface area (Å²) in [5.74, 6) is -1.10. The van der Waals surface area contributed by atoms with E-state index in [1.807, 2.05) is 14.1 Å². The van der Waals surface area contributed by atoms with E-state index in [-0.39, 0.29) is 27.9 Å². The number of hydrazone groups is 1. The molecule has 3 aromatic rings. The normalized spacial score (nSPS) is 11.5. The maximum absolute atomic E-state index is 13.8. The molecule has 1 aromatic carbocycles. The van der Waals surface area contributed by atoms with E-state index in [1.54, 1.807) is 0 Å². The smallest absolute Gasteiger partial charge is 0.294 e. The molecular formula is C15H16ClFN9O2+. The number of amides is 1. The Morgan fingerprint density at radius 2 is 2.25 bits per heavy atom.